The third-order valence-electron chi connectivity index (χ3n) is 5.41. The highest BCUT2D eigenvalue weighted by Gasteiger charge is 2.40. The van der Waals surface area contributed by atoms with Crippen LogP contribution in [0.2, 0.25) is 5.02 Å². The van der Waals surface area contributed by atoms with Crippen molar-refractivity contribution >= 4 is 45.5 Å². The number of sulfonamides is 1. The Kier molecular flexibility index (Phi) is 13.4. The zero-order chi connectivity index (χ0) is 29.9. The molecule has 0 aromatic heterocycles. The number of carbonyl (C=O) groups is 4. The first kappa shape index (κ1) is 33.8. The van der Waals surface area contributed by atoms with Gasteiger partial charge in [0.2, 0.25) is 5.91 Å². The van der Waals surface area contributed by atoms with Gasteiger partial charge in [0.05, 0.1) is 5.02 Å². The van der Waals surface area contributed by atoms with Gasteiger partial charge in [0.15, 0.2) is 11.5 Å². The molecule has 1 aromatic carbocycles. The lowest BCUT2D eigenvalue weighted by molar-refractivity contribution is -0.132. The minimum absolute atomic E-state index is 0.0484. The fourth-order valence-corrected chi connectivity index (χ4v) is 4.98. The molecule has 1 rings (SSSR count). The first-order valence-electron chi connectivity index (χ1n) is 12.6. The standard InChI is InChI=1S/C27H37ClN2O8S/c1-8-10-11-12-13-14-22(31)30(27(34)29(7)17-9-2)39(35,36)21-16-15-20(28)23(37-25(32)18(3)4)24(21)38-26(33)19(5)6/h15-16H,3,5,8-14,17H2,1-2,4,6-7H3. The summed E-state index contributed by atoms with van der Waals surface area (Å²) in [5.41, 5.74) is -0.151. The Morgan fingerprint density at radius 3 is 1.92 bits per heavy atom. The lowest BCUT2D eigenvalue weighted by atomic mass is 10.1. The van der Waals surface area contributed by atoms with Crippen LogP contribution in [0.15, 0.2) is 41.3 Å². The molecule has 0 unspecified atom stereocenters. The van der Waals surface area contributed by atoms with Crippen LogP contribution in [-0.4, -0.2) is 55.1 Å². The minimum Gasteiger partial charge on any atom is -0.418 e. The van der Waals surface area contributed by atoms with Crippen molar-refractivity contribution in [1.82, 2.24) is 9.21 Å². The highest BCUT2D eigenvalue weighted by molar-refractivity contribution is 7.90. The fourth-order valence-electron chi connectivity index (χ4n) is 3.28. The van der Waals surface area contributed by atoms with Gasteiger partial charge in [0.1, 0.15) is 4.90 Å². The Bertz CT molecular complexity index is 1230. The molecule has 1 aromatic rings. The van der Waals surface area contributed by atoms with Crippen molar-refractivity contribution in [3.63, 3.8) is 0 Å². The van der Waals surface area contributed by atoms with Crippen LogP contribution in [0, 0.1) is 0 Å². The lowest BCUT2D eigenvalue weighted by Crippen LogP contribution is -2.48. The zero-order valence-electron chi connectivity index (χ0n) is 23.2. The molecule has 0 atom stereocenters. The smallest absolute Gasteiger partial charge is 0.340 e. The molecular weight excluding hydrogens is 548 g/mol. The molecule has 0 aliphatic heterocycles. The Balaban J connectivity index is 3.78. The van der Waals surface area contributed by atoms with Crippen molar-refractivity contribution in [2.45, 2.75) is 77.5 Å². The van der Waals surface area contributed by atoms with Crippen LogP contribution in [0.1, 0.15) is 72.6 Å². The second kappa shape index (κ2) is 15.4. The first-order chi connectivity index (χ1) is 18.2. The number of halogens is 1. The summed E-state index contributed by atoms with van der Waals surface area (Å²) in [5, 5.41) is -0.267. The van der Waals surface area contributed by atoms with Crippen LogP contribution < -0.4 is 9.47 Å². The Morgan fingerprint density at radius 2 is 1.41 bits per heavy atom. The number of amides is 3. The van der Waals surface area contributed by atoms with Gasteiger partial charge in [-0.2, -0.15) is 4.31 Å². The van der Waals surface area contributed by atoms with E-state index in [1.165, 1.54) is 20.9 Å². The van der Waals surface area contributed by atoms with Crippen molar-refractivity contribution < 1.29 is 37.1 Å². The number of carbonyl (C=O) groups excluding carboxylic acids is 4. The summed E-state index contributed by atoms with van der Waals surface area (Å²) in [4.78, 5) is 51.6. The maximum absolute atomic E-state index is 14.0. The quantitative estimate of drug-likeness (QED) is 0.119. The SMILES string of the molecule is C=C(C)C(=O)Oc1c(Cl)ccc(S(=O)(=O)N(C(=O)CCCCCCC)C(=O)N(C)CCC)c1OC(=O)C(=C)C. The topological polar surface area (TPSA) is 127 Å². The number of ether oxygens (including phenoxy) is 2. The molecule has 0 heterocycles. The van der Waals surface area contributed by atoms with Crippen molar-refractivity contribution in [3.8, 4) is 11.5 Å². The molecule has 216 valence electrons. The van der Waals surface area contributed by atoms with Crippen LogP contribution in [0.3, 0.4) is 0 Å². The summed E-state index contributed by atoms with van der Waals surface area (Å²) in [5.74, 6) is -4.34. The van der Waals surface area contributed by atoms with Crippen LogP contribution >= 0.6 is 11.6 Å². The number of nitrogens with zero attached hydrogens (tertiary/aromatic N) is 2. The third kappa shape index (κ3) is 9.21. The molecule has 0 fully saturated rings. The number of unbranched alkanes of at least 4 members (excludes halogenated alkanes) is 4. The van der Waals surface area contributed by atoms with E-state index < -0.39 is 50.3 Å². The molecule has 0 saturated carbocycles. The maximum Gasteiger partial charge on any atom is 0.340 e. The fraction of sp³-hybridized carbons (Fsp3) is 0.481. The van der Waals surface area contributed by atoms with E-state index in [2.05, 4.69) is 13.2 Å². The van der Waals surface area contributed by atoms with Crippen LogP contribution in [0.4, 0.5) is 4.79 Å². The molecule has 10 nitrogen and oxygen atoms in total. The van der Waals surface area contributed by atoms with E-state index in [1.54, 1.807) is 6.92 Å². The summed E-state index contributed by atoms with van der Waals surface area (Å²) in [6.07, 6.45) is 4.14. The van der Waals surface area contributed by atoms with E-state index in [9.17, 15) is 27.6 Å². The van der Waals surface area contributed by atoms with E-state index in [0.29, 0.717) is 19.3 Å². The maximum atomic E-state index is 14.0. The van der Waals surface area contributed by atoms with Crippen molar-refractivity contribution in [2.24, 2.45) is 0 Å². The average molecular weight is 585 g/mol. The third-order valence-corrected chi connectivity index (χ3v) is 7.43. The number of esters is 2. The summed E-state index contributed by atoms with van der Waals surface area (Å²) < 4.78 is 38.5. The molecule has 0 spiro atoms. The van der Waals surface area contributed by atoms with Gasteiger partial charge in [-0.25, -0.2) is 22.8 Å². The number of hydrogen-bond acceptors (Lipinski definition) is 8. The van der Waals surface area contributed by atoms with E-state index in [1.807, 2.05) is 6.92 Å². The number of hydrogen-bond donors (Lipinski definition) is 0. The molecule has 39 heavy (non-hydrogen) atoms. The molecule has 0 bridgehead atoms. The second-order valence-corrected chi connectivity index (χ2v) is 11.2. The van der Waals surface area contributed by atoms with Gasteiger partial charge < -0.3 is 14.4 Å². The van der Waals surface area contributed by atoms with Crippen LogP contribution in [0.5, 0.6) is 11.5 Å². The molecule has 0 radical (unpaired) electrons. The minimum atomic E-state index is -4.99. The number of imide groups is 1. The molecule has 12 heteroatoms. The van der Waals surface area contributed by atoms with Gasteiger partial charge in [-0.05, 0) is 38.8 Å². The van der Waals surface area contributed by atoms with Gasteiger partial charge in [-0.3, -0.25) is 4.79 Å². The Labute approximate surface area is 235 Å². The average Bonchev–Trinajstić information content (AvgIpc) is 2.85. The summed E-state index contributed by atoms with van der Waals surface area (Å²) >= 11 is 6.20. The summed E-state index contributed by atoms with van der Waals surface area (Å²) in [6.45, 7) is 13.6. The normalized spacial score (nSPS) is 10.9. The van der Waals surface area contributed by atoms with Crippen molar-refractivity contribution in [2.75, 3.05) is 13.6 Å². The Hall–Kier alpha value is -3.18. The van der Waals surface area contributed by atoms with E-state index in [-0.39, 0.29) is 33.4 Å². The van der Waals surface area contributed by atoms with Crippen molar-refractivity contribution in [1.29, 1.82) is 0 Å². The number of benzene rings is 1. The van der Waals surface area contributed by atoms with Gasteiger partial charge in [-0.15, -0.1) is 0 Å². The number of urea groups is 1. The van der Waals surface area contributed by atoms with E-state index in [4.69, 9.17) is 21.1 Å². The van der Waals surface area contributed by atoms with Gasteiger partial charge in [0.25, 0.3) is 10.0 Å². The summed E-state index contributed by atoms with van der Waals surface area (Å²) in [6, 6.07) is 0.968. The first-order valence-corrected chi connectivity index (χ1v) is 14.4. The zero-order valence-corrected chi connectivity index (χ0v) is 24.7. The molecule has 0 saturated heterocycles. The lowest BCUT2D eigenvalue weighted by Gasteiger charge is -2.27. The summed E-state index contributed by atoms with van der Waals surface area (Å²) in [7, 11) is -3.63. The molecule has 3 amide bonds. The van der Waals surface area contributed by atoms with Gasteiger partial charge in [-0.1, -0.05) is 64.3 Å². The molecular formula is C27H37ClN2O8S. The van der Waals surface area contributed by atoms with Crippen molar-refractivity contribution in [3.05, 3.63) is 41.5 Å². The largest absolute Gasteiger partial charge is 0.418 e. The van der Waals surface area contributed by atoms with E-state index in [0.717, 1.165) is 36.3 Å². The van der Waals surface area contributed by atoms with Gasteiger partial charge in [0, 0.05) is 31.2 Å². The second-order valence-electron chi connectivity index (χ2n) is 9.07. The van der Waals surface area contributed by atoms with Crippen LogP contribution in [0.25, 0.3) is 0 Å². The molecule has 0 aliphatic rings. The molecule has 0 N–H and O–H groups in total. The molecule has 0 aliphatic carbocycles. The monoisotopic (exact) mass is 584 g/mol. The highest BCUT2D eigenvalue weighted by atomic mass is 35.5. The number of rotatable bonds is 14. The van der Waals surface area contributed by atoms with E-state index >= 15 is 0 Å². The van der Waals surface area contributed by atoms with Gasteiger partial charge >= 0.3 is 18.0 Å². The predicted octanol–water partition coefficient (Wildman–Crippen LogP) is 5.64. The Morgan fingerprint density at radius 1 is 0.872 bits per heavy atom. The highest BCUT2D eigenvalue weighted by Crippen LogP contribution is 2.42. The van der Waals surface area contributed by atoms with Crippen LogP contribution in [-0.2, 0) is 24.4 Å². The predicted molar refractivity (Wildman–Crippen MR) is 148 cm³/mol.